The third kappa shape index (κ3) is 5.01. The van der Waals surface area contributed by atoms with Crippen molar-refractivity contribution in [2.75, 3.05) is 13.2 Å². The summed E-state index contributed by atoms with van der Waals surface area (Å²) in [5.41, 5.74) is 6.27. The average molecular weight is 283 g/mol. The molecule has 0 heterocycles. The number of hydrogen-bond donors (Lipinski definition) is 1. The molecule has 0 bridgehead atoms. The van der Waals surface area contributed by atoms with Crippen LogP contribution in [0.4, 0.5) is 0 Å². The molecule has 2 N–H and O–H groups in total. The maximum absolute atomic E-state index is 6.27. The van der Waals surface area contributed by atoms with Crippen molar-refractivity contribution in [1.82, 2.24) is 0 Å². The third-order valence-electron chi connectivity index (χ3n) is 5.02. The molecule has 118 valence electrons. The van der Waals surface area contributed by atoms with E-state index in [1.807, 2.05) is 0 Å². The second-order valence-electron chi connectivity index (χ2n) is 6.97. The first-order chi connectivity index (χ1) is 9.69. The highest BCUT2D eigenvalue weighted by molar-refractivity contribution is 4.84. The molecule has 0 aromatic rings. The zero-order valence-electron chi connectivity index (χ0n) is 13.4. The summed E-state index contributed by atoms with van der Waals surface area (Å²) in [6, 6.07) is 0.160. The monoisotopic (exact) mass is 283 g/mol. The van der Waals surface area contributed by atoms with Crippen LogP contribution in [0.3, 0.4) is 0 Å². The van der Waals surface area contributed by atoms with Crippen LogP contribution in [0.5, 0.6) is 0 Å². The zero-order chi connectivity index (χ0) is 14.4. The van der Waals surface area contributed by atoms with Crippen molar-refractivity contribution in [2.45, 2.75) is 83.5 Å². The fraction of sp³-hybridized carbons (Fsp3) is 1.00. The van der Waals surface area contributed by atoms with Crippen molar-refractivity contribution in [1.29, 1.82) is 0 Å². The van der Waals surface area contributed by atoms with E-state index in [4.69, 9.17) is 15.2 Å². The highest BCUT2D eigenvalue weighted by atomic mass is 16.5. The van der Waals surface area contributed by atoms with Crippen LogP contribution < -0.4 is 5.73 Å². The maximum atomic E-state index is 6.27. The van der Waals surface area contributed by atoms with Crippen molar-refractivity contribution in [3.63, 3.8) is 0 Å². The Morgan fingerprint density at radius 2 is 1.75 bits per heavy atom. The minimum absolute atomic E-state index is 0.160. The van der Waals surface area contributed by atoms with E-state index in [1.54, 1.807) is 0 Å². The van der Waals surface area contributed by atoms with E-state index in [9.17, 15) is 0 Å². The van der Waals surface area contributed by atoms with E-state index < -0.39 is 0 Å². The number of hydrogen-bond acceptors (Lipinski definition) is 3. The first-order valence-corrected chi connectivity index (χ1v) is 8.67. The molecule has 3 unspecified atom stereocenters. The lowest BCUT2D eigenvalue weighted by Crippen LogP contribution is -2.45. The molecule has 0 saturated heterocycles. The summed E-state index contributed by atoms with van der Waals surface area (Å²) in [5, 5.41) is 0. The molecule has 2 rings (SSSR count). The zero-order valence-corrected chi connectivity index (χ0v) is 13.4. The van der Waals surface area contributed by atoms with Gasteiger partial charge in [0.25, 0.3) is 0 Å². The quantitative estimate of drug-likeness (QED) is 0.811. The van der Waals surface area contributed by atoms with E-state index >= 15 is 0 Å². The number of rotatable bonds is 6. The molecule has 0 radical (unpaired) electrons. The summed E-state index contributed by atoms with van der Waals surface area (Å²) >= 11 is 0. The van der Waals surface area contributed by atoms with Gasteiger partial charge in [-0.05, 0) is 50.4 Å². The average Bonchev–Trinajstić information content (AvgIpc) is 2.46. The van der Waals surface area contributed by atoms with Crippen molar-refractivity contribution >= 4 is 0 Å². The third-order valence-corrected chi connectivity index (χ3v) is 5.02. The van der Waals surface area contributed by atoms with Gasteiger partial charge in [0, 0.05) is 19.3 Å². The van der Waals surface area contributed by atoms with Gasteiger partial charge in [0.1, 0.15) is 0 Å². The minimum atomic E-state index is 0.160. The summed E-state index contributed by atoms with van der Waals surface area (Å²) in [4.78, 5) is 0. The predicted molar refractivity (Wildman–Crippen MR) is 82.7 cm³/mol. The molecule has 3 heteroatoms. The van der Waals surface area contributed by atoms with E-state index in [0.29, 0.717) is 6.10 Å². The van der Waals surface area contributed by atoms with Gasteiger partial charge in [-0.25, -0.2) is 0 Å². The largest absolute Gasteiger partial charge is 0.378 e. The van der Waals surface area contributed by atoms with Crippen LogP contribution in [-0.4, -0.2) is 31.5 Å². The van der Waals surface area contributed by atoms with Crippen molar-refractivity contribution in [3.05, 3.63) is 0 Å². The summed E-state index contributed by atoms with van der Waals surface area (Å²) in [6.07, 6.45) is 10.3. The predicted octanol–water partition coefficient (Wildman–Crippen LogP) is 3.50. The van der Waals surface area contributed by atoms with Gasteiger partial charge in [0.2, 0.25) is 0 Å². The summed E-state index contributed by atoms with van der Waals surface area (Å²) < 4.78 is 12.0. The van der Waals surface area contributed by atoms with E-state index in [2.05, 4.69) is 13.8 Å². The Morgan fingerprint density at radius 1 is 1.00 bits per heavy atom. The summed E-state index contributed by atoms with van der Waals surface area (Å²) in [6.45, 7) is 6.30. The molecule has 0 spiro atoms. The molecule has 2 aliphatic carbocycles. The van der Waals surface area contributed by atoms with E-state index in [1.165, 1.54) is 25.7 Å². The topological polar surface area (TPSA) is 44.5 Å². The first-order valence-electron chi connectivity index (χ1n) is 8.67. The smallest absolute Gasteiger partial charge is 0.0728 e. The van der Waals surface area contributed by atoms with Crippen LogP contribution in [0.2, 0.25) is 0 Å². The van der Waals surface area contributed by atoms with Crippen LogP contribution in [0.1, 0.15) is 65.2 Å². The summed E-state index contributed by atoms with van der Waals surface area (Å²) in [7, 11) is 0. The molecular formula is C17H33NO2. The fourth-order valence-corrected chi connectivity index (χ4v) is 3.54. The molecule has 0 aromatic heterocycles. The van der Waals surface area contributed by atoms with Gasteiger partial charge < -0.3 is 15.2 Å². The second kappa shape index (κ2) is 8.35. The SMILES string of the molecule is CCCOC1CCC(OCC2CCC(C)CC2)C(N)C1. The van der Waals surface area contributed by atoms with E-state index in [0.717, 1.165) is 50.7 Å². The Kier molecular flexibility index (Phi) is 6.79. The van der Waals surface area contributed by atoms with Gasteiger partial charge >= 0.3 is 0 Å². The highest BCUT2D eigenvalue weighted by Gasteiger charge is 2.30. The van der Waals surface area contributed by atoms with Crippen LogP contribution in [0.25, 0.3) is 0 Å². The molecule has 0 amide bonds. The Balaban J connectivity index is 1.64. The molecule has 0 aromatic carbocycles. The first kappa shape index (κ1) is 16.3. The lowest BCUT2D eigenvalue weighted by molar-refractivity contribution is -0.0537. The van der Waals surface area contributed by atoms with Crippen LogP contribution in [0, 0.1) is 11.8 Å². The maximum Gasteiger partial charge on any atom is 0.0728 e. The Morgan fingerprint density at radius 3 is 2.40 bits per heavy atom. The van der Waals surface area contributed by atoms with Gasteiger partial charge in [0.05, 0.1) is 12.2 Å². The highest BCUT2D eigenvalue weighted by Crippen LogP contribution is 2.30. The molecule has 2 fully saturated rings. The van der Waals surface area contributed by atoms with Gasteiger partial charge in [-0.1, -0.05) is 26.7 Å². The number of nitrogens with two attached hydrogens (primary N) is 1. The molecule has 2 saturated carbocycles. The standard InChI is InChI=1S/C17H33NO2/c1-3-10-19-15-8-9-17(16(18)11-15)20-12-14-6-4-13(2)5-7-14/h13-17H,3-12,18H2,1-2H3. The van der Waals surface area contributed by atoms with Crippen LogP contribution >= 0.6 is 0 Å². The minimum Gasteiger partial charge on any atom is -0.378 e. The summed E-state index contributed by atoms with van der Waals surface area (Å²) in [5.74, 6) is 1.69. The fourth-order valence-electron chi connectivity index (χ4n) is 3.54. The van der Waals surface area contributed by atoms with Crippen LogP contribution in [-0.2, 0) is 9.47 Å². The van der Waals surface area contributed by atoms with Crippen LogP contribution in [0.15, 0.2) is 0 Å². The van der Waals surface area contributed by atoms with Gasteiger partial charge in [-0.3, -0.25) is 0 Å². The molecular weight excluding hydrogens is 250 g/mol. The van der Waals surface area contributed by atoms with E-state index in [-0.39, 0.29) is 12.1 Å². The molecule has 3 atom stereocenters. The molecule has 20 heavy (non-hydrogen) atoms. The van der Waals surface area contributed by atoms with Gasteiger partial charge in [-0.2, -0.15) is 0 Å². The lowest BCUT2D eigenvalue weighted by Gasteiger charge is -2.35. The number of ether oxygens (including phenoxy) is 2. The van der Waals surface area contributed by atoms with Gasteiger partial charge in [0.15, 0.2) is 0 Å². The van der Waals surface area contributed by atoms with Crippen molar-refractivity contribution in [3.8, 4) is 0 Å². The Hall–Kier alpha value is -0.120. The van der Waals surface area contributed by atoms with Crippen molar-refractivity contribution < 1.29 is 9.47 Å². The molecule has 0 aliphatic heterocycles. The molecule has 2 aliphatic rings. The molecule has 3 nitrogen and oxygen atoms in total. The van der Waals surface area contributed by atoms with Gasteiger partial charge in [-0.15, -0.1) is 0 Å². The Labute approximate surface area is 124 Å². The van der Waals surface area contributed by atoms with Crippen molar-refractivity contribution in [2.24, 2.45) is 17.6 Å². The normalized spacial score (nSPS) is 38.9. The lowest BCUT2D eigenvalue weighted by atomic mass is 9.83. The second-order valence-corrected chi connectivity index (χ2v) is 6.97. The Bertz CT molecular complexity index is 264.